The van der Waals surface area contributed by atoms with Crippen molar-refractivity contribution in [2.24, 2.45) is 5.92 Å². The van der Waals surface area contributed by atoms with E-state index in [9.17, 15) is 22.8 Å². The molecule has 0 spiro atoms. The van der Waals surface area contributed by atoms with Crippen LogP contribution in [0.15, 0.2) is 29.1 Å². The van der Waals surface area contributed by atoms with Crippen LogP contribution in [-0.2, 0) is 17.5 Å². The largest absolute Gasteiger partial charge is 0.431 e. The smallest absolute Gasteiger partial charge is 0.338 e. The van der Waals surface area contributed by atoms with E-state index in [1.165, 1.54) is 4.57 Å². The number of nitrogens with zero attached hydrogens (tertiary/aromatic N) is 2. The van der Waals surface area contributed by atoms with Gasteiger partial charge in [0.1, 0.15) is 5.69 Å². The molecule has 4 nitrogen and oxygen atoms in total. The van der Waals surface area contributed by atoms with E-state index in [1.54, 1.807) is 30.0 Å². The van der Waals surface area contributed by atoms with E-state index >= 15 is 0 Å². The molecule has 4 rings (SSSR count). The number of likely N-dealkylation sites (tertiary alicyclic amines) is 1. The molecule has 2 aromatic rings. The minimum absolute atomic E-state index is 0.0242. The highest BCUT2D eigenvalue weighted by molar-refractivity contribution is 5.81. The first kappa shape index (κ1) is 19.0. The molecule has 0 N–H and O–H groups in total. The number of carbonyl (C=O) groups is 1. The number of hydrogen-bond acceptors (Lipinski definition) is 2. The van der Waals surface area contributed by atoms with Gasteiger partial charge >= 0.3 is 6.18 Å². The summed E-state index contributed by atoms with van der Waals surface area (Å²) in [6, 6.07) is 5.33. The van der Waals surface area contributed by atoms with E-state index in [-0.39, 0.29) is 35.3 Å². The van der Waals surface area contributed by atoms with E-state index in [0.29, 0.717) is 19.0 Å². The van der Waals surface area contributed by atoms with Gasteiger partial charge in [-0.15, -0.1) is 0 Å². The van der Waals surface area contributed by atoms with Crippen LogP contribution < -0.4 is 5.43 Å². The molecule has 1 atom stereocenters. The van der Waals surface area contributed by atoms with Crippen LogP contribution in [0.1, 0.15) is 43.4 Å². The predicted octanol–water partition coefficient (Wildman–Crippen LogP) is 4.12. The summed E-state index contributed by atoms with van der Waals surface area (Å²) in [6.07, 6.45) is -0.389. The Morgan fingerprint density at radius 2 is 1.89 bits per heavy atom. The zero-order valence-electron chi connectivity index (χ0n) is 15.8. The zero-order valence-corrected chi connectivity index (χ0v) is 15.8. The van der Waals surface area contributed by atoms with Crippen molar-refractivity contribution in [3.8, 4) is 0 Å². The molecule has 2 heterocycles. The van der Waals surface area contributed by atoms with Gasteiger partial charge in [0.25, 0.3) is 0 Å². The van der Waals surface area contributed by atoms with Crippen molar-refractivity contribution in [3.05, 3.63) is 45.7 Å². The zero-order chi connectivity index (χ0) is 20.1. The molecule has 1 saturated carbocycles. The Morgan fingerprint density at radius 1 is 1.14 bits per heavy atom. The first-order valence-corrected chi connectivity index (χ1v) is 9.77. The van der Waals surface area contributed by atoms with Crippen LogP contribution in [0.3, 0.4) is 0 Å². The molecule has 0 bridgehead atoms. The number of aryl methyl sites for hydroxylation is 1. The van der Waals surface area contributed by atoms with Gasteiger partial charge in [0, 0.05) is 36.5 Å². The van der Waals surface area contributed by atoms with Crippen LogP contribution in [0.5, 0.6) is 0 Å². The lowest BCUT2D eigenvalue weighted by atomic mass is 9.84. The number of halogens is 3. The molecular weight excluding hydrogens is 369 g/mol. The van der Waals surface area contributed by atoms with Gasteiger partial charge in [-0.1, -0.05) is 18.1 Å². The van der Waals surface area contributed by atoms with Gasteiger partial charge < -0.3 is 9.47 Å². The summed E-state index contributed by atoms with van der Waals surface area (Å²) in [5.74, 6) is 0.0969. The van der Waals surface area contributed by atoms with Crippen molar-refractivity contribution in [2.45, 2.75) is 57.8 Å². The molecule has 1 aliphatic carbocycles. The molecule has 7 heteroatoms. The highest BCUT2D eigenvalue weighted by atomic mass is 19.4. The standard InChI is InChI=1S/C21H23F3N2O2/c1-13-7-8-17-16(10-13)18(27)11-19(21(22,23)24)26(17)12-15-6-3-9-25(15)20(28)14-4-2-5-14/h7-8,10-11,14-15H,2-6,9,12H2,1H3/t15-/m1/s1. The number of hydrogen-bond donors (Lipinski definition) is 0. The first-order chi connectivity index (χ1) is 13.3. The van der Waals surface area contributed by atoms with E-state index in [2.05, 4.69) is 0 Å². The molecule has 1 aromatic heterocycles. The van der Waals surface area contributed by atoms with Crippen LogP contribution >= 0.6 is 0 Å². The van der Waals surface area contributed by atoms with Gasteiger partial charge in [-0.05, 0) is 44.7 Å². The van der Waals surface area contributed by atoms with Crippen LogP contribution in [0.4, 0.5) is 13.2 Å². The fourth-order valence-corrected chi connectivity index (χ4v) is 4.34. The summed E-state index contributed by atoms with van der Waals surface area (Å²) in [5, 5.41) is 0.280. The molecule has 0 radical (unpaired) electrons. The maximum Gasteiger partial charge on any atom is 0.431 e. The molecule has 2 fully saturated rings. The Morgan fingerprint density at radius 3 is 2.54 bits per heavy atom. The van der Waals surface area contributed by atoms with Crippen LogP contribution in [0, 0.1) is 12.8 Å². The summed E-state index contributed by atoms with van der Waals surface area (Å²) in [7, 11) is 0. The maximum absolute atomic E-state index is 13.7. The minimum Gasteiger partial charge on any atom is -0.338 e. The van der Waals surface area contributed by atoms with Crippen molar-refractivity contribution < 1.29 is 18.0 Å². The number of carbonyl (C=O) groups excluding carboxylic acids is 1. The molecule has 0 unspecified atom stereocenters. The van der Waals surface area contributed by atoms with E-state index < -0.39 is 17.3 Å². The number of alkyl halides is 3. The molecule has 1 aliphatic heterocycles. The Balaban J connectivity index is 1.77. The lowest BCUT2D eigenvalue weighted by Gasteiger charge is -2.33. The second-order valence-electron chi connectivity index (χ2n) is 7.98. The normalized spacial score (nSPS) is 20.6. The molecule has 28 heavy (non-hydrogen) atoms. The topological polar surface area (TPSA) is 42.3 Å². The van der Waals surface area contributed by atoms with Gasteiger partial charge in [-0.25, -0.2) is 0 Å². The number of pyridine rings is 1. The fraction of sp³-hybridized carbons (Fsp3) is 0.524. The van der Waals surface area contributed by atoms with Crippen molar-refractivity contribution in [1.82, 2.24) is 9.47 Å². The Hall–Kier alpha value is -2.31. The average molecular weight is 392 g/mol. The summed E-state index contributed by atoms with van der Waals surface area (Å²) < 4.78 is 42.3. The monoisotopic (exact) mass is 392 g/mol. The number of fused-ring (bicyclic) bond motifs is 1. The number of benzene rings is 1. The second-order valence-corrected chi connectivity index (χ2v) is 7.98. The minimum atomic E-state index is -4.64. The van der Waals surface area contributed by atoms with Crippen molar-refractivity contribution >= 4 is 16.8 Å². The molecule has 150 valence electrons. The highest BCUT2D eigenvalue weighted by Crippen LogP contribution is 2.34. The number of rotatable bonds is 3. The van der Waals surface area contributed by atoms with Crippen molar-refractivity contribution in [2.75, 3.05) is 6.54 Å². The van der Waals surface area contributed by atoms with Gasteiger partial charge in [-0.2, -0.15) is 13.2 Å². The number of aromatic nitrogens is 1. The van der Waals surface area contributed by atoms with Crippen LogP contribution in [-0.4, -0.2) is 28.0 Å². The quantitative estimate of drug-likeness (QED) is 0.789. The maximum atomic E-state index is 13.7. The molecule has 1 saturated heterocycles. The Kier molecular flexibility index (Phi) is 4.71. The van der Waals surface area contributed by atoms with Gasteiger partial charge in [-0.3, -0.25) is 9.59 Å². The third kappa shape index (κ3) is 3.31. The van der Waals surface area contributed by atoms with Crippen LogP contribution in [0.2, 0.25) is 0 Å². The first-order valence-electron chi connectivity index (χ1n) is 9.77. The summed E-state index contributed by atoms with van der Waals surface area (Å²) in [6.45, 7) is 2.45. The summed E-state index contributed by atoms with van der Waals surface area (Å²) >= 11 is 0. The lowest BCUT2D eigenvalue weighted by molar-refractivity contribution is -0.144. The summed E-state index contributed by atoms with van der Waals surface area (Å²) in [4.78, 5) is 26.8. The lowest BCUT2D eigenvalue weighted by Crippen LogP contribution is -2.44. The van der Waals surface area contributed by atoms with E-state index in [0.717, 1.165) is 31.2 Å². The molecule has 2 aliphatic rings. The van der Waals surface area contributed by atoms with Gasteiger partial charge in [0.05, 0.1) is 5.52 Å². The Labute approximate surface area is 160 Å². The second kappa shape index (κ2) is 6.94. The van der Waals surface area contributed by atoms with E-state index in [1.807, 2.05) is 0 Å². The SMILES string of the molecule is Cc1ccc2c(c1)c(=O)cc(C(F)(F)F)n2C[C@H]1CCCN1C(=O)C1CCC1. The molecule has 1 aromatic carbocycles. The highest BCUT2D eigenvalue weighted by Gasteiger charge is 2.39. The van der Waals surface area contributed by atoms with Gasteiger partial charge in [0.15, 0.2) is 5.43 Å². The van der Waals surface area contributed by atoms with E-state index in [4.69, 9.17) is 0 Å². The van der Waals surface area contributed by atoms with Crippen molar-refractivity contribution in [3.63, 3.8) is 0 Å². The number of amides is 1. The molecular formula is C21H23F3N2O2. The predicted molar refractivity (Wildman–Crippen MR) is 100 cm³/mol. The third-order valence-corrected chi connectivity index (χ3v) is 6.07. The van der Waals surface area contributed by atoms with Gasteiger partial charge in [0.2, 0.25) is 5.91 Å². The fourth-order valence-electron chi connectivity index (χ4n) is 4.34. The average Bonchev–Trinajstić information content (AvgIpc) is 3.03. The third-order valence-electron chi connectivity index (χ3n) is 6.07. The Bertz CT molecular complexity index is 976. The van der Waals surface area contributed by atoms with Crippen molar-refractivity contribution in [1.29, 1.82) is 0 Å². The summed E-state index contributed by atoms with van der Waals surface area (Å²) in [5.41, 5.74) is -0.486. The van der Waals surface area contributed by atoms with Crippen LogP contribution in [0.25, 0.3) is 10.9 Å². The molecule has 1 amide bonds.